The number of hydrogen-bond donors (Lipinski definition) is 3. The predicted molar refractivity (Wildman–Crippen MR) is 122 cm³/mol. The smallest absolute Gasteiger partial charge is 0.229 e. The van der Waals surface area contributed by atoms with Crippen LogP contribution in [0.5, 0.6) is 0 Å². The van der Waals surface area contributed by atoms with Gasteiger partial charge in [0.05, 0.1) is 23.5 Å². The van der Waals surface area contributed by atoms with Crippen LogP contribution in [-0.4, -0.2) is 48.6 Å². The summed E-state index contributed by atoms with van der Waals surface area (Å²) in [6, 6.07) is 3.96. The van der Waals surface area contributed by atoms with Gasteiger partial charge in [-0.05, 0) is 42.4 Å². The van der Waals surface area contributed by atoms with Crippen molar-refractivity contribution in [2.24, 2.45) is 23.5 Å². The van der Waals surface area contributed by atoms with E-state index in [0.717, 1.165) is 44.4 Å². The molecule has 1 saturated carbocycles. The Balaban J connectivity index is 1.27. The Bertz CT molecular complexity index is 1140. The van der Waals surface area contributed by atoms with Crippen molar-refractivity contribution >= 4 is 34.7 Å². The average Bonchev–Trinajstić information content (AvgIpc) is 3.48. The topological polar surface area (TPSA) is 99.4 Å². The molecular weight excluding hydrogens is 409 g/mol. The number of fused-ring (bicyclic) bond motifs is 2. The fourth-order valence-electron chi connectivity index (χ4n) is 5.80. The number of carbonyl (C=O) groups excluding carboxylic acids is 1. The van der Waals surface area contributed by atoms with E-state index in [9.17, 15) is 9.18 Å². The Morgan fingerprint density at radius 3 is 2.91 bits per heavy atom. The van der Waals surface area contributed by atoms with Gasteiger partial charge in [-0.1, -0.05) is 12.2 Å². The lowest BCUT2D eigenvalue weighted by Gasteiger charge is -2.34. The van der Waals surface area contributed by atoms with E-state index < -0.39 is 5.82 Å². The zero-order valence-electron chi connectivity index (χ0n) is 17.9. The van der Waals surface area contributed by atoms with E-state index in [1.54, 1.807) is 0 Å². The molecule has 3 heterocycles. The number of likely N-dealkylation sites (N-methyl/N-ethyl adjacent to an activating group) is 1. The summed E-state index contributed by atoms with van der Waals surface area (Å²) in [4.78, 5) is 25.2. The summed E-state index contributed by atoms with van der Waals surface area (Å²) in [5.74, 6) is -0.625. The standard InChI is InChI=1S/C23H26FN7O/c1-30-6-7-31-5-4-14-9-15(10-17(30)20(14)31)27-23-26-11-16(24)22(29-23)28-19-13-3-2-12(8-13)18(19)21(25)32/h2-3,9-13,18-19H,4-8H2,1H3,(H2,25,32)(H2,26,27,28,29). The van der Waals surface area contributed by atoms with Gasteiger partial charge >= 0.3 is 0 Å². The summed E-state index contributed by atoms with van der Waals surface area (Å²) < 4.78 is 14.6. The van der Waals surface area contributed by atoms with Crippen molar-refractivity contribution in [3.63, 3.8) is 0 Å². The maximum absolute atomic E-state index is 14.6. The number of nitrogens with zero attached hydrogens (tertiary/aromatic N) is 4. The highest BCUT2D eigenvalue weighted by Gasteiger charge is 2.47. The number of hydrogen-bond acceptors (Lipinski definition) is 7. The van der Waals surface area contributed by atoms with E-state index in [-0.39, 0.29) is 35.5 Å². The molecule has 0 spiro atoms. The summed E-state index contributed by atoms with van der Waals surface area (Å²) in [5.41, 5.74) is 10.3. The SMILES string of the molecule is CN1CCN2CCc3cc(Nc4ncc(F)c(NC5C6C=CC(C6)C5C(N)=O)n4)cc1c32. The van der Waals surface area contributed by atoms with E-state index in [4.69, 9.17) is 5.73 Å². The van der Waals surface area contributed by atoms with Gasteiger partial charge in [-0.2, -0.15) is 4.98 Å². The maximum atomic E-state index is 14.6. The first-order chi connectivity index (χ1) is 15.5. The number of benzene rings is 1. The minimum Gasteiger partial charge on any atom is -0.371 e. The summed E-state index contributed by atoms with van der Waals surface area (Å²) in [7, 11) is 2.10. The Hall–Kier alpha value is -3.36. The minimum absolute atomic E-state index is 0.0884. The normalized spacial score (nSPS) is 27.1. The number of nitrogens with two attached hydrogens (primary N) is 1. The van der Waals surface area contributed by atoms with E-state index in [1.807, 2.05) is 6.08 Å². The molecule has 4 atom stereocenters. The van der Waals surface area contributed by atoms with Crippen molar-refractivity contribution in [1.29, 1.82) is 0 Å². The Labute approximate surface area is 185 Å². The Morgan fingerprint density at radius 2 is 2.06 bits per heavy atom. The van der Waals surface area contributed by atoms with E-state index >= 15 is 0 Å². The van der Waals surface area contributed by atoms with Gasteiger partial charge in [0.15, 0.2) is 11.6 Å². The van der Waals surface area contributed by atoms with Crippen LogP contribution in [0.1, 0.15) is 12.0 Å². The summed E-state index contributed by atoms with van der Waals surface area (Å²) in [6.07, 6.45) is 7.14. The lowest BCUT2D eigenvalue weighted by atomic mass is 9.88. The molecule has 2 bridgehead atoms. The molecule has 32 heavy (non-hydrogen) atoms. The van der Waals surface area contributed by atoms with E-state index in [1.165, 1.54) is 16.9 Å². The monoisotopic (exact) mass is 435 g/mol. The van der Waals surface area contributed by atoms with Crippen LogP contribution in [0.2, 0.25) is 0 Å². The van der Waals surface area contributed by atoms with E-state index in [2.05, 4.69) is 55.7 Å². The maximum Gasteiger partial charge on any atom is 0.229 e. The molecule has 1 amide bonds. The van der Waals surface area contributed by atoms with Crippen molar-refractivity contribution in [1.82, 2.24) is 9.97 Å². The van der Waals surface area contributed by atoms with Crippen LogP contribution < -0.4 is 26.2 Å². The number of primary amides is 1. The summed E-state index contributed by atoms with van der Waals surface area (Å²) >= 11 is 0. The van der Waals surface area contributed by atoms with Crippen LogP contribution in [0.3, 0.4) is 0 Å². The highest BCUT2D eigenvalue weighted by Crippen LogP contribution is 2.45. The molecule has 4 N–H and O–H groups in total. The average molecular weight is 436 g/mol. The molecule has 4 unspecified atom stereocenters. The van der Waals surface area contributed by atoms with Gasteiger partial charge < -0.3 is 26.2 Å². The van der Waals surface area contributed by atoms with Gasteiger partial charge in [0.2, 0.25) is 11.9 Å². The third-order valence-corrected chi connectivity index (χ3v) is 7.34. The molecule has 166 valence electrons. The first-order valence-corrected chi connectivity index (χ1v) is 11.1. The van der Waals surface area contributed by atoms with Crippen LogP contribution in [0.4, 0.5) is 33.2 Å². The van der Waals surface area contributed by atoms with Crippen molar-refractivity contribution < 1.29 is 9.18 Å². The summed E-state index contributed by atoms with van der Waals surface area (Å²) in [5, 5.41) is 6.40. The fourth-order valence-corrected chi connectivity index (χ4v) is 5.80. The van der Waals surface area contributed by atoms with Gasteiger partial charge in [-0.25, -0.2) is 9.37 Å². The number of allylic oxidation sites excluding steroid dienone is 1. The summed E-state index contributed by atoms with van der Waals surface area (Å²) in [6.45, 7) is 3.07. The second kappa shape index (κ2) is 7.08. The zero-order valence-corrected chi connectivity index (χ0v) is 17.9. The van der Waals surface area contributed by atoms with Crippen LogP contribution in [0, 0.1) is 23.6 Å². The van der Waals surface area contributed by atoms with Crippen molar-refractivity contribution in [2.75, 3.05) is 47.1 Å². The highest BCUT2D eigenvalue weighted by atomic mass is 19.1. The zero-order chi connectivity index (χ0) is 22.0. The van der Waals surface area contributed by atoms with Gasteiger partial charge in [0.25, 0.3) is 0 Å². The van der Waals surface area contributed by atoms with Gasteiger partial charge in [-0.15, -0.1) is 0 Å². The number of halogens is 1. The van der Waals surface area contributed by atoms with Gasteiger partial charge in [0, 0.05) is 38.4 Å². The number of rotatable bonds is 5. The van der Waals surface area contributed by atoms with Gasteiger partial charge in [0.1, 0.15) is 0 Å². The molecule has 2 aliphatic carbocycles. The fraction of sp³-hybridized carbons (Fsp3) is 0.435. The minimum atomic E-state index is -0.551. The van der Waals surface area contributed by atoms with Crippen molar-refractivity contribution in [2.45, 2.75) is 18.9 Å². The molecule has 1 fully saturated rings. The molecule has 4 aliphatic rings. The van der Waals surface area contributed by atoms with Gasteiger partial charge in [-0.3, -0.25) is 4.79 Å². The molecule has 1 aromatic carbocycles. The second-order valence-electron chi connectivity index (χ2n) is 9.22. The van der Waals surface area contributed by atoms with Crippen molar-refractivity contribution in [3.05, 3.63) is 41.9 Å². The lowest BCUT2D eigenvalue weighted by Crippen LogP contribution is -2.41. The quantitative estimate of drug-likeness (QED) is 0.620. The number of anilines is 5. The van der Waals surface area contributed by atoms with Crippen LogP contribution in [0.15, 0.2) is 30.5 Å². The van der Waals surface area contributed by atoms with Crippen LogP contribution in [0.25, 0.3) is 0 Å². The molecular formula is C23H26FN7O. The molecule has 0 saturated heterocycles. The van der Waals surface area contributed by atoms with Crippen LogP contribution in [-0.2, 0) is 11.2 Å². The number of carbonyl (C=O) groups is 1. The number of amides is 1. The van der Waals surface area contributed by atoms with E-state index in [0.29, 0.717) is 5.95 Å². The molecule has 0 radical (unpaired) electrons. The first-order valence-electron chi connectivity index (χ1n) is 11.1. The predicted octanol–water partition coefficient (Wildman–Crippen LogP) is 2.26. The molecule has 6 rings (SSSR count). The van der Waals surface area contributed by atoms with Crippen molar-refractivity contribution in [3.8, 4) is 0 Å². The third-order valence-electron chi connectivity index (χ3n) is 7.34. The molecule has 1 aromatic heterocycles. The Kier molecular flexibility index (Phi) is 4.28. The Morgan fingerprint density at radius 1 is 1.22 bits per heavy atom. The number of nitrogens with one attached hydrogen (secondary N) is 2. The molecule has 8 nitrogen and oxygen atoms in total. The van der Waals surface area contributed by atoms with Crippen LogP contribution >= 0.6 is 0 Å². The molecule has 9 heteroatoms. The highest BCUT2D eigenvalue weighted by molar-refractivity contribution is 5.83. The first kappa shape index (κ1) is 19.3. The second-order valence-corrected chi connectivity index (χ2v) is 9.22. The number of aromatic nitrogens is 2. The largest absolute Gasteiger partial charge is 0.371 e. The lowest BCUT2D eigenvalue weighted by molar-refractivity contribution is -0.122. The molecule has 2 aromatic rings. The molecule has 2 aliphatic heterocycles. The third kappa shape index (κ3) is 2.98.